The molecule has 1 fully saturated rings. The quantitative estimate of drug-likeness (QED) is 0.462. The maximum Gasteiger partial charge on any atom is 0.320 e. The topological polar surface area (TPSA) is 114 Å². The summed E-state index contributed by atoms with van der Waals surface area (Å²) in [7, 11) is 1.55. The van der Waals surface area contributed by atoms with Crippen LogP contribution in [0.15, 0.2) is 24.4 Å². The molecule has 0 saturated carbocycles. The molecule has 0 aliphatic carbocycles. The lowest BCUT2D eigenvalue weighted by molar-refractivity contribution is -0.139. The van der Waals surface area contributed by atoms with E-state index in [0.29, 0.717) is 35.0 Å². The summed E-state index contributed by atoms with van der Waals surface area (Å²) in [6.45, 7) is 0.480. The number of ether oxygens (including phenoxy) is 1. The van der Waals surface area contributed by atoms with Crippen LogP contribution in [0, 0.1) is 0 Å². The van der Waals surface area contributed by atoms with Gasteiger partial charge in [-0.15, -0.1) is 0 Å². The molecule has 120 valence electrons. The zero-order chi connectivity index (χ0) is 16.3. The second-order valence-electron chi connectivity index (χ2n) is 5.07. The smallest absolute Gasteiger partial charge is 0.320 e. The SMILES string of the molecule is COc1ccc(/C(N)=C/N(N)C2CN[C@H](C(=O)O)C2)c(Cl)c1. The van der Waals surface area contributed by atoms with Gasteiger partial charge in [-0.05, 0) is 24.6 Å². The Morgan fingerprint density at radius 1 is 1.59 bits per heavy atom. The number of carboxylic acids is 1. The maximum atomic E-state index is 10.9. The molecule has 0 spiro atoms. The molecule has 1 aromatic carbocycles. The molecular formula is C14H19ClN4O3. The summed E-state index contributed by atoms with van der Waals surface area (Å²) < 4.78 is 5.08. The van der Waals surface area contributed by atoms with Crippen LogP contribution < -0.4 is 21.6 Å². The van der Waals surface area contributed by atoms with Gasteiger partial charge in [0.05, 0.1) is 23.9 Å². The van der Waals surface area contributed by atoms with Gasteiger partial charge < -0.3 is 25.9 Å². The number of nitrogens with zero attached hydrogens (tertiary/aromatic N) is 1. The molecular weight excluding hydrogens is 308 g/mol. The van der Waals surface area contributed by atoms with Gasteiger partial charge in [-0.25, -0.2) is 5.84 Å². The Balaban J connectivity index is 2.10. The van der Waals surface area contributed by atoms with E-state index in [1.165, 1.54) is 5.01 Å². The molecule has 0 bridgehead atoms. The molecule has 2 atom stereocenters. The molecule has 1 aliphatic rings. The van der Waals surface area contributed by atoms with Gasteiger partial charge in [0.1, 0.15) is 11.8 Å². The Hall–Kier alpha value is -1.96. The zero-order valence-corrected chi connectivity index (χ0v) is 12.9. The third-order valence-corrected chi connectivity index (χ3v) is 3.92. The van der Waals surface area contributed by atoms with Crippen molar-refractivity contribution >= 4 is 23.3 Å². The van der Waals surface area contributed by atoms with Crippen LogP contribution in [0.1, 0.15) is 12.0 Å². The van der Waals surface area contributed by atoms with Crippen molar-refractivity contribution in [1.29, 1.82) is 0 Å². The standard InChI is InChI=1S/C14H19ClN4O3/c1-22-9-2-3-10(11(15)5-9)12(16)7-19(17)8-4-13(14(20)21)18-6-8/h2-3,5,7-8,13,18H,4,6,16-17H2,1H3,(H,20,21)/b12-7-/t8?,13-/m0/s1. The fourth-order valence-electron chi connectivity index (χ4n) is 2.32. The first-order valence-corrected chi connectivity index (χ1v) is 7.10. The molecule has 1 aliphatic heterocycles. The van der Waals surface area contributed by atoms with Gasteiger partial charge in [0.15, 0.2) is 0 Å². The van der Waals surface area contributed by atoms with Gasteiger partial charge in [-0.1, -0.05) is 11.6 Å². The highest BCUT2D eigenvalue weighted by Crippen LogP contribution is 2.26. The number of carbonyl (C=O) groups is 1. The second kappa shape index (κ2) is 6.87. The molecule has 1 unspecified atom stereocenters. The molecule has 0 radical (unpaired) electrons. The van der Waals surface area contributed by atoms with Crippen LogP contribution in [0.2, 0.25) is 5.02 Å². The van der Waals surface area contributed by atoms with E-state index in [1.54, 1.807) is 31.5 Å². The van der Waals surface area contributed by atoms with Gasteiger partial charge in [-0.3, -0.25) is 4.79 Å². The van der Waals surface area contributed by atoms with Crippen molar-refractivity contribution in [2.24, 2.45) is 11.6 Å². The summed E-state index contributed by atoms with van der Waals surface area (Å²) in [5.41, 5.74) is 7.06. The Morgan fingerprint density at radius 3 is 2.86 bits per heavy atom. The van der Waals surface area contributed by atoms with Crippen LogP contribution in [0.4, 0.5) is 0 Å². The van der Waals surface area contributed by atoms with Gasteiger partial charge in [-0.2, -0.15) is 0 Å². The van der Waals surface area contributed by atoms with E-state index in [1.807, 2.05) is 0 Å². The van der Waals surface area contributed by atoms with Crippen molar-refractivity contribution in [3.8, 4) is 5.75 Å². The van der Waals surface area contributed by atoms with Crippen LogP contribution >= 0.6 is 11.6 Å². The third-order valence-electron chi connectivity index (χ3n) is 3.60. The van der Waals surface area contributed by atoms with E-state index in [0.717, 1.165) is 0 Å². The number of carboxylic acid groups (broad SMARTS) is 1. The molecule has 7 nitrogen and oxygen atoms in total. The van der Waals surface area contributed by atoms with E-state index in [-0.39, 0.29) is 6.04 Å². The molecule has 6 N–H and O–H groups in total. The first kappa shape index (κ1) is 16.4. The van der Waals surface area contributed by atoms with Crippen molar-refractivity contribution in [3.05, 3.63) is 35.0 Å². The lowest BCUT2D eigenvalue weighted by Gasteiger charge is -2.22. The minimum atomic E-state index is -0.883. The number of benzene rings is 1. The van der Waals surface area contributed by atoms with Crippen molar-refractivity contribution < 1.29 is 14.6 Å². The monoisotopic (exact) mass is 326 g/mol. The van der Waals surface area contributed by atoms with Gasteiger partial charge in [0.25, 0.3) is 0 Å². The second-order valence-corrected chi connectivity index (χ2v) is 5.47. The van der Waals surface area contributed by atoms with E-state index >= 15 is 0 Å². The van der Waals surface area contributed by atoms with Gasteiger partial charge >= 0.3 is 5.97 Å². The third kappa shape index (κ3) is 3.62. The highest BCUT2D eigenvalue weighted by atomic mass is 35.5. The number of halogens is 1. The van der Waals surface area contributed by atoms with Crippen LogP contribution in [0.5, 0.6) is 5.75 Å². The lowest BCUT2D eigenvalue weighted by atomic mass is 10.1. The van der Waals surface area contributed by atoms with E-state index in [4.69, 9.17) is 33.0 Å². The zero-order valence-electron chi connectivity index (χ0n) is 12.1. The van der Waals surface area contributed by atoms with Crippen molar-refractivity contribution in [1.82, 2.24) is 10.3 Å². The molecule has 22 heavy (non-hydrogen) atoms. The Bertz CT molecular complexity index is 593. The minimum absolute atomic E-state index is 0.142. The fraction of sp³-hybridized carbons (Fsp3) is 0.357. The molecule has 0 amide bonds. The summed E-state index contributed by atoms with van der Waals surface area (Å²) >= 11 is 6.16. The molecule has 0 aromatic heterocycles. The number of methoxy groups -OCH3 is 1. The summed E-state index contributed by atoms with van der Waals surface area (Å²) in [5, 5.41) is 13.7. The van der Waals surface area contributed by atoms with Crippen LogP contribution in [0.25, 0.3) is 5.70 Å². The molecule has 1 heterocycles. The van der Waals surface area contributed by atoms with E-state index < -0.39 is 12.0 Å². The van der Waals surface area contributed by atoms with Crippen LogP contribution in [-0.4, -0.2) is 41.8 Å². The Kier molecular flexibility index (Phi) is 5.12. The summed E-state index contributed by atoms with van der Waals surface area (Å²) in [6, 6.07) is 4.43. The molecule has 8 heteroatoms. The predicted octanol–water partition coefficient (Wildman–Crippen LogP) is 0.597. The van der Waals surface area contributed by atoms with Crippen molar-refractivity contribution in [3.63, 3.8) is 0 Å². The van der Waals surface area contributed by atoms with E-state index in [2.05, 4.69) is 5.32 Å². The molecule has 1 saturated heterocycles. The number of hydrazine groups is 1. The Morgan fingerprint density at radius 2 is 2.32 bits per heavy atom. The summed E-state index contributed by atoms with van der Waals surface area (Å²) in [6.07, 6.45) is 1.97. The largest absolute Gasteiger partial charge is 0.497 e. The predicted molar refractivity (Wildman–Crippen MR) is 84.0 cm³/mol. The van der Waals surface area contributed by atoms with Crippen LogP contribution in [-0.2, 0) is 4.79 Å². The van der Waals surface area contributed by atoms with Crippen molar-refractivity contribution in [2.75, 3.05) is 13.7 Å². The fourth-order valence-corrected chi connectivity index (χ4v) is 2.60. The normalized spacial score (nSPS) is 21.7. The molecule has 1 aromatic rings. The number of hydrogen-bond acceptors (Lipinski definition) is 6. The number of hydrogen-bond donors (Lipinski definition) is 4. The van der Waals surface area contributed by atoms with E-state index in [9.17, 15) is 4.79 Å². The van der Waals surface area contributed by atoms with Gasteiger partial charge in [0.2, 0.25) is 0 Å². The maximum absolute atomic E-state index is 10.9. The first-order valence-electron chi connectivity index (χ1n) is 6.72. The highest BCUT2D eigenvalue weighted by Gasteiger charge is 2.31. The molecule has 2 rings (SSSR count). The first-order chi connectivity index (χ1) is 10.4. The van der Waals surface area contributed by atoms with Gasteiger partial charge in [0, 0.05) is 18.3 Å². The highest BCUT2D eigenvalue weighted by molar-refractivity contribution is 6.32. The number of aliphatic carboxylic acids is 1. The van der Waals surface area contributed by atoms with Crippen molar-refractivity contribution in [2.45, 2.75) is 18.5 Å². The average molecular weight is 327 g/mol. The number of rotatable bonds is 5. The lowest BCUT2D eigenvalue weighted by Crippen LogP contribution is -2.38. The number of nitrogens with one attached hydrogen (secondary N) is 1. The summed E-state index contributed by atoms with van der Waals surface area (Å²) in [5.74, 6) is 5.71. The average Bonchev–Trinajstić information content (AvgIpc) is 2.97. The Labute approximate surface area is 133 Å². The van der Waals surface area contributed by atoms with Crippen LogP contribution in [0.3, 0.4) is 0 Å². The summed E-state index contributed by atoms with van der Waals surface area (Å²) in [4.78, 5) is 10.9. The minimum Gasteiger partial charge on any atom is -0.497 e. The number of nitrogens with two attached hydrogens (primary N) is 2.